The van der Waals surface area contributed by atoms with Gasteiger partial charge in [-0.3, -0.25) is 14.4 Å². The Hall–Kier alpha value is -2.84. The molecule has 0 radical (unpaired) electrons. The smallest absolute Gasteiger partial charge is 0.312 e. The number of carbonyl (C=O) groups excluding carboxylic acids is 3. The summed E-state index contributed by atoms with van der Waals surface area (Å²) in [6, 6.07) is 9.08. The van der Waals surface area contributed by atoms with E-state index >= 15 is 0 Å². The van der Waals surface area contributed by atoms with Crippen LogP contribution in [0.25, 0.3) is 0 Å². The maximum absolute atomic E-state index is 13.2. The molecular weight excluding hydrogens is 432 g/mol. The van der Waals surface area contributed by atoms with Gasteiger partial charge in [0.05, 0.1) is 22.7 Å². The Morgan fingerprint density at radius 2 is 1.90 bits per heavy atom. The van der Waals surface area contributed by atoms with Crippen LogP contribution in [0.1, 0.15) is 49.9 Å². The third-order valence-electron chi connectivity index (χ3n) is 5.04. The quantitative estimate of drug-likeness (QED) is 0.424. The summed E-state index contributed by atoms with van der Waals surface area (Å²) in [5.41, 5.74) is 2.84. The van der Waals surface area contributed by atoms with Crippen LogP contribution in [0.4, 0.5) is 5.00 Å². The Morgan fingerprint density at radius 3 is 2.65 bits per heavy atom. The van der Waals surface area contributed by atoms with Gasteiger partial charge in [-0.2, -0.15) is 0 Å². The summed E-state index contributed by atoms with van der Waals surface area (Å²) in [4.78, 5) is 43.1. The van der Waals surface area contributed by atoms with Gasteiger partial charge in [-0.1, -0.05) is 30.3 Å². The Morgan fingerprint density at radius 1 is 1.13 bits per heavy atom. The van der Waals surface area contributed by atoms with Crippen LogP contribution >= 0.6 is 22.7 Å². The number of nitrogens with one attached hydrogen (secondary N) is 1. The molecule has 1 N–H and O–H groups in total. The Kier molecular flexibility index (Phi) is 6.58. The minimum Gasteiger partial charge on any atom is -0.455 e. The van der Waals surface area contributed by atoms with Gasteiger partial charge < -0.3 is 10.1 Å². The number of fused-ring (bicyclic) bond motifs is 1. The zero-order valence-corrected chi connectivity index (χ0v) is 18.7. The summed E-state index contributed by atoms with van der Waals surface area (Å²) in [7, 11) is 0. The average Bonchev–Trinajstić information content (AvgIpc) is 3.34. The fraction of sp³-hybridized carbons (Fsp3) is 0.304. The summed E-state index contributed by atoms with van der Waals surface area (Å²) in [6.07, 6.45) is 3.88. The predicted octanol–water partition coefficient (Wildman–Crippen LogP) is 4.35. The van der Waals surface area contributed by atoms with E-state index in [0.717, 1.165) is 41.1 Å². The first-order valence-corrected chi connectivity index (χ1v) is 11.8. The lowest BCUT2D eigenvalue weighted by atomic mass is 9.92. The second-order valence-electron chi connectivity index (χ2n) is 7.35. The molecule has 160 valence electrons. The lowest BCUT2D eigenvalue weighted by Crippen LogP contribution is -2.22. The van der Waals surface area contributed by atoms with Gasteiger partial charge in [-0.15, -0.1) is 22.7 Å². The van der Waals surface area contributed by atoms with Crippen molar-refractivity contribution >= 4 is 45.3 Å². The first-order chi connectivity index (χ1) is 15.0. The fourth-order valence-corrected chi connectivity index (χ4v) is 5.54. The summed E-state index contributed by atoms with van der Waals surface area (Å²) in [5, 5.41) is 6.02. The molecule has 31 heavy (non-hydrogen) atoms. The molecule has 1 amide bonds. The van der Waals surface area contributed by atoms with Gasteiger partial charge in [0, 0.05) is 15.8 Å². The highest BCUT2D eigenvalue weighted by Gasteiger charge is 2.27. The Bertz CT molecular complexity index is 1120. The van der Waals surface area contributed by atoms with E-state index in [1.54, 1.807) is 17.5 Å². The van der Waals surface area contributed by atoms with Crippen molar-refractivity contribution in [2.45, 2.75) is 39.0 Å². The van der Waals surface area contributed by atoms with Crippen molar-refractivity contribution < 1.29 is 19.1 Å². The molecule has 0 unspecified atom stereocenters. The number of esters is 1. The number of aryl methyl sites for hydroxylation is 2. The molecule has 1 aliphatic rings. The highest BCUT2D eigenvalue weighted by atomic mass is 32.1. The van der Waals surface area contributed by atoms with E-state index in [2.05, 4.69) is 10.3 Å². The molecule has 0 spiro atoms. The van der Waals surface area contributed by atoms with E-state index in [0.29, 0.717) is 21.8 Å². The number of carbonyl (C=O) groups is 3. The average molecular weight is 455 g/mol. The molecule has 0 atom stereocenters. The number of thiazole rings is 1. The number of amides is 1. The second kappa shape index (κ2) is 9.53. The summed E-state index contributed by atoms with van der Waals surface area (Å²) < 4.78 is 5.11. The summed E-state index contributed by atoms with van der Waals surface area (Å²) in [6.45, 7) is 1.46. The second-order valence-corrected chi connectivity index (χ2v) is 9.52. The van der Waals surface area contributed by atoms with E-state index in [4.69, 9.17) is 4.74 Å². The minimum absolute atomic E-state index is 0.0304. The van der Waals surface area contributed by atoms with Crippen LogP contribution in [-0.2, 0) is 33.6 Å². The van der Waals surface area contributed by atoms with Crippen LogP contribution in [-0.4, -0.2) is 29.3 Å². The number of anilines is 1. The molecule has 6 nitrogen and oxygen atoms in total. The van der Waals surface area contributed by atoms with Crippen LogP contribution in [0.5, 0.6) is 0 Å². The number of aromatic nitrogens is 1. The Balaban J connectivity index is 1.46. The minimum atomic E-state index is -0.508. The van der Waals surface area contributed by atoms with Crippen molar-refractivity contribution in [2.24, 2.45) is 0 Å². The highest BCUT2D eigenvalue weighted by molar-refractivity contribution is 7.17. The van der Waals surface area contributed by atoms with Crippen molar-refractivity contribution in [3.8, 4) is 0 Å². The Labute approximate surface area is 188 Å². The standard InChI is InChI=1S/C23H22N2O4S2/c1-14-24-16(13-30-14)11-20(27)29-12-19(26)25-23-21(17-9-5-6-10-18(17)31-23)22(28)15-7-3-2-4-8-15/h2-4,7-8,13H,5-6,9-12H2,1H3,(H,25,26). The van der Waals surface area contributed by atoms with Crippen LogP contribution in [0.15, 0.2) is 35.7 Å². The number of hydrogen-bond acceptors (Lipinski definition) is 7. The third kappa shape index (κ3) is 5.08. The first-order valence-electron chi connectivity index (χ1n) is 10.1. The molecule has 2 aromatic heterocycles. The zero-order chi connectivity index (χ0) is 21.8. The SMILES string of the molecule is Cc1nc(CC(=O)OCC(=O)Nc2sc3c(c2C(=O)c2ccccc2)CCCC3)cs1. The molecule has 1 aromatic carbocycles. The number of ether oxygens (including phenoxy) is 1. The zero-order valence-electron chi connectivity index (χ0n) is 17.1. The van der Waals surface area contributed by atoms with Crippen molar-refractivity contribution in [1.29, 1.82) is 0 Å². The van der Waals surface area contributed by atoms with E-state index in [9.17, 15) is 14.4 Å². The number of benzene rings is 1. The number of ketones is 1. The van der Waals surface area contributed by atoms with Gasteiger partial charge in [0.15, 0.2) is 12.4 Å². The fourth-order valence-electron chi connectivity index (χ4n) is 3.63. The normalized spacial score (nSPS) is 12.8. The highest BCUT2D eigenvalue weighted by Crippen LogP contribution is 2.39. The predicted molar refractivity (Wildman–Crippen MR) is 121 cm³/mol. The number of nitrogens with zero attached hydrogens (tertiary/aromatic N) is 1. The topological polar surface area (TPSA) is 85.4 Å². The molecule has 0 saturated heterocycles. The van der Waals surface area contributed by atoms with Crippen molar-refractivity contribution in [2.75, 3.05) is 11.9 Å². The van der Waals surface area contributed by atoms with Gasteiger partial charge in [-0.05, 0) is 38.2 Å². The summed E-state index contributed by atoms with van der Waals surface area (Å²) >= 11 is 2.91. The number of hydrogen-bond donors (Lipinski definition) is 1. The lowest BCUT2D eigenvalue weighted by Gasteiger charge is -2.12. The third-order valence-corrected chi connectivity index (χ3v) is 7.07. The van der Waals surface area contributed by atoms with Crippen molar-refractivity contribution in [3.63, 3.8) is 0 Å². The van der Waals surface area contributed by atoms with Crippen molar-refractivity contribution in [3.05, 3.63) is 68.0 Å². The molecule has 4 rings (SSSR count). The van der Waals surface area contributed by atoms with Crippen LogP contribution in [0.2, 0.25) is 0 Å². The van der Waals surface area contributed by atoms with Gasteiger partial charge in [-0.25, -0.2) is 4.98 Å². The largest absolute Gasteiger partial charge is 0.455 e. The first kappa shape index (κ1) is 21.4. The molecule has 0 saturated carbocycles. The molecular formula is C23H22N2O4S2. The van der Waals surface area contributed by atoms with E-state index < -0.39 is 18.5 Å². The van der Waals surface area contributed by atoms with E-state index in [-0.39, 0.29) is 12.2 Å². The van der Waals surface area contributed by atoms with Crippen molar-refractivity contribution in [1.82, 2.24) is 4.98 Å². The number of rotatable bonds is 7. The molecule has 8 heteroatoms. The molecule has 1 aliphatic carbocycles. The van der Waals surface area contributed by atoms with E-state index in [1.807, 2.05) is 25.1 Å². The maximum atomic E-state index is 13.2. The molecule has 0 bridgehead atoms. The van der Waals surface area contributed by atoms with Crippen LogP contribution in [0.3, 0.4) is 0 Å². The molecule has 3 aromatic rings. The lowest BCUT2D eigenvalue weighted by molar-refractivity contribution is -0.146. The van der Waals surface area contributed by atoms with Crippen LogP contribution < -0.4 is 5.32 Å². The molecule has 0 aliphatic heterocycles. The maximum Gasteiger partial charge on any atom is 0.312 e. The van der Waals surface area contributed by atoms with Crippen LogP contribution in [0, 0.1) is 6.92 Å². The number of thiophene rings is 1. The summed E-state index contributed by atoms with van der Waals surface area (Å²) in [5.74, 6) is -1.05. The van der Waals surface area contributed by atoms with Gasteiger partial charge in [0.2, 0.25) is 0 Å². The van der Waals surface area contributed by atoms with Gasteiger partial charge in [0.25, 0.3) is 5.91 Å². The molecule has 0 fully saturated rings. The molecule has 2 heterocycles. The van der Waals surface area contributed by atoms with Gasteiger partial charge >= 0.3 is 5.97 Å². The van der Waals surface area contributed by atoms with Gasteiger partial charge in [0.1, 0.15) is 5.00 Å². The monoisotopic (exact) mass is 454 g/mol. The van der Waals surface area contributed by atoms with E-state index in [1.165, 1.54) is 22.7 Å².